The van der Waals surface area contributed by atoms with Crippen LogP contribution in [-0.4, -0.2) is 18.3 Å². The van der Waals surface area contributed by atoms with Crippen molar-refractivity contribution in [3.63, 3.8) is 0 Å². The van der Waals surface area contributed by atoms with Gasteiger partial charge in [-0.3, -0.25) is 0 Å². The molecule has 1 N–H and O–H groups in total. The van der Waals surface area contributed by atoms with Crippen LogP contribution >= 0.6 is 0 Å². The van der Waals surface area contributed by atoms with Crippen molar-refractivity contribution in [2.75, 3.05) is 13.2 Å². The summed E-state index contributed by atoms with van der Waals surface area (Å²) in [5, 5.41) is 10.5. The predicted molar refractivity (Wildman–Crippen MR) is 71.5 cm³/mol. The number of ether oxygens (including phenoxy) is 1. The van der Waals surface area contributed by atoms with Crippen LogP contribution in [-0.2, 0) is 4.74 Å². The molecule has 18 heavy (non-hydrogen) atoms. The maximum Gasteiger partial charge on any atom is 0.0820 e. The maximum absolute atomic E-state index is 10.5. The summed E-state index contributed by atoms with van der Waals surface area (Å²) in [5.41, 5.74) is 2.52. The Morgan fingerprint density at radius 2 is 1.89 bits per heavy atom. The standard InChI is InChI=1S/C16H22O2/c17-16(13-7-9-18-10-8-13)15-6-2-5-14(11-15)12-3-1-4-12/h2,5-6,11-13,16-17H,1,3-4,7-10H2. The fourth-order valence-corrected chi connectivity index (χ4v) is 3.04. The molecule has 0 bridgehead atoms. The second-order valence-corrected chi connectivity index (χ2v) is 5.69. The van der Waals surface area contributed by atoms with Gasteiger partial charge >= 0.3 is 0 Å². The van der Waals surface area contributed by atoms with Gasteiger partial charge in [-0.2, -0.15) is 0 Å². The number of hydrogen-bond acceptors (Lipinski definition) is 2. The molecule has 1 atom stereocenters. The maximum atomic E-state index is 10.5. The molecule has 1 saturated heterocycles. The molecule has 1 aromatic rings. The lowest BCUT2D eigenvalue weighted by Gasteiger charge is -2.29. The SMILES string of the molecule is OC(c1cccc(C2CCC2)c1)C1CCOCC1. The molecule has 2 fully saturated rings. The summed E-state index contributed by atoms with van der Waals surface area (Å²) in [4.78, 5) is 0. The minimum absolute atomic E-state index is 0.311. The van der Waals surface area contributed by atoms with Crippen molar-refractivity contribution in [1.82, 2.24) is 0 Å². The normalized spacial score (nSPS) is 23.6. The highest BCUT2D eigenvalue weighted by Gasteiger charge is 2.25. The van der Waals surface area contributed by atoms with E-state index >= 15 is 0 Å². The molecule has 1 heterocycles. The first-order chi connectivity index (χ1) is 8.84. The smallest absolute Gasteiger partial charge is 0.0820 e. The first-order valence-electron chi connectivity index (χ1n) is 7.20. The van der Waals surface area contributed by atoms with E-state index in [-0.39, 0.29) is 6.10 Å². The molecule has 98 valence electrons. The highest BCUT2D eigenvalue weighted by Crippen LogP contribution is 2.38. The minimum atomic E-state index is -0.311. The molecule has 2 aliphatic rings. The second kappa shape index (κ2) is 5.41. The molecule has 0 radical (unpaired) electrons. The highest BCUT2D eigenvalue weighted by atomic mass is 16.5. The zero-order valence-corrected chi connectivity index (χ0v) is 10.8. The summed E-state index contributed by atoms with van der Waals surface area (Å²) in [5.74, 6) is 1.11. The fraction of sp³-hybridized carbons (Fsp3) is 0.625. The van der Waals surface area contributed by atoms with Crippen LogP contribution in [0, 0.1) is 5.92 Å². The summed E-state index contributed by atoms with van der Waals surface area (Å²) in [7, 11) is 0. The van der Waals surface area contributed by atoms with Crippen LogP contribution in [0.25, 0.3) is 0 Å². The zero-order chi connectivity index (χ0) is 12.4. The minimum Gasteiger partial charge on any atom is -0.388 e. The Kier molecular flexibility index (Phi) is 3.67. The summed E-state index contributed by atoms with van der Waals surface area (Å²) in [6.45, 7) is 1.59. The van der Waals surface area contributed by atoms with Crippen molar-refractivity contribution in [1.29, 1.82) is 0 Å². The Bertz CT molecular complexity index is 392. The van der Waals surface area contributed by atoms with Gasteiger partial charge in [-0.15, -0.1) is 0 Å². The Labute approximate surface area is 109 Å². The molecule has 2 nitrogen and oxygen atoms in total. The molecule has 1 unspecified atom stereocenters. The Morgan fingerprint density at radius 3 is 2.56 bits per heavy atom. The third kappa shape index (κ3) is 2.45. The molecule has 2 heteroatoms. The molecule has 3 rings (SSSR count). The molecule has 0 spiro atoms. The van der Waals surface area contributed by atoms with Crippen molar-refractivity contribution in [3.05, 3.63) is 35.4 Å². The van der Waals surface area contributed by atoms with Crippen molar-refractivity contribution in [2.24, 2.45) is 5.92 Å². The summed E-state index contributed by atoms with van der Waals surface area (Å²) in [6, 6.07) is 8.61. The van der Waals surface area contributed by atoms with Crippen LogP contribution < -0.4 is 0 Å². The van der Waals surface area contributed by atoms with Gasteiger partial charge in [0.05, 0.1) is 6.10 Å². The van der Waals surface area contributed by atoms with E-state index in [2.05, 4.69) is 24.3 Å². The first-order valence-corrected chi connectivity index (χ1v) is 7.20. The van der Waals surface area contributed by atoms with E-state index < -0.39 is 0 Å². The van der Waals surface area contributed by atoms with Crippen molar-refractivity contribution < 1.29 is 9.84 Å². The quantitative estimate of drug-likeness (QED) is 0.885. The van der Waals surface area contributed by atoms with E-state index in [4.69, 9.17) is 4.74 Å². The summed E-state index contributed by atoms with van der Waals surface area (Å²) >= 11 is 0. The largest absolute Gasteiger partial charge is 0.388 e. The van der Waals surface area contributed by atoms with Gasteiger partial charge in [0, 0.05) is 13.2 Å². The molecule has 0 aromatic heterocycles. The first kappa shape index (κ1) is 12.2. The molecule has 1 aliphatic carbocycles. The number of aliphatic hydroxyl groups excluding tert-OH is 1. The monoisotopic (exact) mass is 246 g/mol. The lowest BCUT2D eigenvalue weighted by atomic mass is 9.79. The van der Waals surface area contributed by atoms with Gasteiger partial charge in [0.15, 0.2) is 0 Å². The van der Waals surface area contributed by atoms with Gasteiger partial charge in [0.25, 0.3) is 0 Å². The predicted octanol–water partition coefficient (Wildman–Crippen LogP) is 3.41. The number of rotatable bonds is 3. The summed E-state index contributed by atoms with van der Waals surface area (Å²) in [6.07, 6.45) is 5.64. The number of hydrogen-bond donors (Lipinski definition) is 1. The van der Waals surface area contributed by atoms with Crippen molar-refractivity contribution >= 4 is 0 Å². The van der Waals surface area contributed by atoms with Gasteiger partial charge in [-0.25, -0.2) is 0 Å². The van der Waals surface area contributed by atoms with Gasteiger partial charge in [0.1, 0.15) is 0 Å². The molecule has 1 aliphatic heterocycles. The van der Waals surface area contributed by atoms with Crippen LogP contribution in [0.2, 0.25) is 0 Å². The van der Waals surface area contributed by atoms with E-state index in [0.29, 0.717) is 5.92 Å². The fourth-order valence-electron chi connectivity index (χ4n) is 3.04. The van der Waals surface area contributed by atoms with Crippen molar-refractivity contribution in [3.8, 4) is 0 Å². The molecule has 0 amide bonds. The average molecular weight is 246 g/mol. The van der Waals surface area contributed by atoms with E-state index in [1.165, 1.54) is 24.8 Å². The highest BCUT2D eigenvalue weighted by molar-refractivity contribution is 5.29. The van der Waals surface area contributed by atoms with Crippen LogP contribution in [0.1, 0.15) is 55.3 Å². The molecule has 1 aromatic carbocycles. The second-order valence-electron chi connectivity index (χ2n) is 5.69. The van der Waals surface area contributed by atoms with Crippen LogP contribution in [0.3, 0.4) is 0 Å². The number of benzene rings is 1. The van der Waals surface area contributed by atoms with E-state index in [1.54, 1.807) is 0 Å². The topological polar surface area (TPSA) is 29.5 Å². The zero-order valence-electron chi connectivity index (χ0n) is 10.8. The lowest BCUT2D eigenvalue weighted by molar-refractivity contribution is 0.00714. The Morgan fingerprint density at radius 1 is 1.11 bits per heavy atom. The van der Waals surface area contributed by atoms with E-state index in [9.17, 15) is 5.11 Å². The van der Waals surface area contributed by atoms with Crippen LogP contribution in [0.4, 0.5) is 0 Å². The summed E-state index contributed by atoms with van der Waals surface area (Å²) < 4.78 is 5.36. The molecular weight excluding hydrogens is 224 g/mol. The number of aliphatic hydroxyl groups is 1. The van der Waals surface area contributed by atoms with Crippen molar-refractivity contribution in [2.45, 2.75) is 44.1 Å². The van der Waals surface area contributed by atoms with E-state index in [0.717, 1.165) is 37.5 Å². The average Bonchev–Trinajstić information content (AvgIpc) is 2.37. The Hall–Kier alpha value is -0.860. The van der Waals surface area contributed by atoms with E-state index in [1.807, 2.05) is 0 Å². The van der Waals surface area contributed by atoms with Gasteiger partial charge in [-0.1, -0.05) is 30.7 Å². The van der Waals surface area contributed by atoms with Gasteiger partial charge < -0.3 is 9.84 Å². The molecule has 1 saturated carbocycles. The molecular formula is C16H22O2. The third-order valence-corrected chi connectivity index (χ3v) is 4.54. The third-order valence-electron chi connectivity index (χ3n) is 4.54. The van der Waals surface area contributed by atoms with Gasteiger partial charge in [0.2, 0.25) is 0 Å². The van der Waals surface area contributed by atoms with Gasteiger partial charge in [-0.05, 0) is 48.6 Å². The van der Waals surface area contributed by atoms with Crippen LogP contribution in [0.5, 0.6) is 0 Å². The van der Waals surface area contributed by atoms with Crippen LogP contribution in [0.15, 0.2) is 24.3 Å². The Balaban J connectivity index is 1.73. The lowest BCUT2D eigenvalue weighted by Crippen LogP contribution is -2.22.